The summed E-state index contributed by atoms with van der Waals surface area (Å²) in [5, 5.41) is 0. The lowest BCUT2D eigenvalue weighted by Crippen LogP contribution is -2.29. The Kier molecular flexibility index (Phi) is 5.87. The van der Waals surface area contributed by atoms with Crippen LogP contribution >= 0.6 is 35.3 Å². The molecule has 0 N–H and O–H groups in total. The van der Waals surface area contributed by atoms with E-state index in [1.807, 2.05) is 24.3 Å². The summed E-state index contributed by atoms with van der Waals surface area (Å²) in [5.74, 6) is 0.0458. The maximum atomic E-state index is 12.6. The van der Waals surface area contributed by atoms with Gasteiger partial charge in [0.15, 0.2) is 0 Å². The molecule has 0 unspecified atom stereocenters. The fraction of sp³-hybridized carbons (Fsp3) is 0.263. The second-order valence-corrected chi connectivity index (χ2v) is 8.46. The van der Waals surface area contributed by atoms with E-state index < -0.39 is 0 Å². The van der Waals surface area contributed by atoms with Gasteiger partial charge >= 0.3 is 0 Å². The lowest BCUT2D eigenvalue weighted by atomic mass is 10.1. The SMILES string of the molecule is CCc1ccc(/C=C2/SC(=S)N(CCCc3ccccc3)C2=O)s1. The molecule has 1 saturated heterocycles. The number of carbonyl (C=O) groups is 1. The molecular formula is C19H19NOS3. The van der Waals surface area contributed by atoms with Gasteiger partial charge in [0.25, 0.3) is 5.91 Å². The van der Waals surface area contributed by atoms with Crippen LogP contribution < -0.4 is 0 Å². The van der Waals surface area contributed by atoms with Crippen LogP contribution in [-0.4, -0.2) is 21.7 Å². The first kappa shape index (κ1) is 17.4. The van der Waals surface area contributed by atoms with E-state index in [1.54, 1.807) is 16.2 Å². The largest absolute Gasteiger partial charge is 0.293 e. The van der Waals surface area contributed by atoms with E-state index in [0.717, 1.165) is 29.0 Å². The van der Waals surface area contributed by atoms with Crippen LogP contribution in [0.15, 0.2) is 47.4 Å². The van der Waals surface area contributed by atoms with Crippen molar-refractivity contribution in [1.29, 1.82) is 0 Å². The van der Waals surface area contributed by atoms with Gasteiger partial charge in [-0.25, -0.2) is 0 Å². The number of hydrogen-bond acceptors (Lipinski definition) is 4. The number of benzene rings is 1. The van der Waals surface area contributed by atoms with Crippen molar-refractivity contribution in [3.05, 3.63) is 62.7 Å². The van der Waals surface area contributed by atoms with E-state index in [0.29, 0.717) is 10.9 Å². The maximum absolute atomic E-state index is 12.6. The Morgan fingerprint density at radius 3 is 2.67 bits per heavy atom. The van der Waals surface area contributed by atoms with Crippen molar-refractivity contribution in [1.82, 2.24) is 4.90 Å². The van der Waals surface area contributed by atoms with E-state index in [9.17, 15) is 4.79 Å². The van der Waals surface area contributed by atoms with Crippen LogP contribution in [0.1, 0.15) is 28.7 Å². The van der Waals surface area contributed by atoms with Crippen LogP contribution in [0.2, 0.25) is 0 Å². The molecule has 2 aromatic rings. The fourth-order valence-electron chi connectivity index (χ4n) is 2.57. The van der Waals surface area contributed by atoms with Crippen LogP contribution in [0, 0.1) is 0 Å². The fourth-order valence-corrected chi connectivity index (χ4v) is 4.84. The zero-order chi connectivity index (χ0) is 16.9. The minimum Gasteiger partial charge on any atom is -0.293 e. The van der Waals surface area contributed by atoms with Gasteiger partial charge in [-0.2, -0.15) is 0 Å². The minimum absolute atomic E-state index is 0.0458. The molecule has 124 valence electrons. The highest BCUT2D eigenvalue weighted by Gasteiger charge is 2.31. The highest BCUT2D eigenvalue weighted by atomic mass is 32.2. The zero-order valence-electron chi connectivity index (χ0n) is 13.5. The van der Waals surface area contributed by atoms with Gasteiger partial charge in [-0.15, -0.1) is 11.3 Å². The zero-order valence-corrected chi connectivity index (χ0v) is 16.0. The molecule has 24 heavy (non-hydrogen) atoms. The van der Waals surface area contributed by atoms with Gasteiger partial charge in [0.05, 0.1) is 4.91 Å². The third kappa shape index (κ3) is 4.15. The standard InChI is InChI=1S/C19H19NOS3/c1-2-15-10-11-16(23-15)13-17-18(21)20(19(22)24-17)12-6-9-14-7-4-3-5-8-14/h3-5,7-8,10-11,13H,2,6,9,12H2,1H3/b17-13+. The Hall–Kier alpha value is -1.43. The third-order valence-corrected chi connectivity index (χ3v) is 6.42. The number of thioether (sulfide) groups is 1. The number of hydrogen-bond donors (Lipinski definition) is 0. The predicted octanol–water partition coefficient (Wildman–Crippen LogP) is 5.14. The molecule has 2 heterocycles. The second-order valence-electron chi connectivity index (χ2n) is 5.58. The highest BCUT2D eigenvalue weighted by molar-refractivity contribution is 8.26. The molecule has 0 bridgehead atoms. The van der Waals surface area contributed by atoms with Crippen LogP contribution in [0.4, 0.5) is 0 Å². The minimum atomic E-state index is 0.0458. The highest BCUT2D eigenvalue weighted by Crippen LogP contribution is 2.34. The molecule has 0 radical (unpaired) electrons. The number of thiophene rings is 1. The predicted molar refractivity (Wildman–Crippen MR) is 108 cm³/mol. The van der Waals surface area contributed by atoms with Crippen molar-refractivity contribution in [2.24, 2.45) is 0 Å². The van der Waals surface area contributed by atoms with Gasteiger partial charge < -0.3 is 0 Å². The molecule has 0 spiro atoms. The first-order chi connectivity index (χ1) is 11.7. The van der Waals surface area contributed by atoms with Gasteiger partial charge in [-0.3, -0.25) is 9.69 Å². The van der Waals surface area contributed by atoms with E-state index >= 15 is 0 Å². The Bertz CT molecular complexity index is 764. The van der Waals surface area contributed by atoms with Gasteiger partial charge in [0.2, 0.25) is 0 Å². The van der Waals surface area contributed by atoms with Crippen molar-refractivity contribution in [2.45, 2.75) is 26.2 Å². The summed E-state index contributed by atoms with van der Waals surface area (Å²) in [6.07, 6.45) is 4.88. The molecule has 1 fully saturated rings. The molecule has 1 aliphatic rings. The maximum Gasteiger partial charge on any atom is 0.266 e. The number of carbonyl (C=O) groups excluding carboxylic acids is 1. The molecule has 0 atom stereocenters. The Labute approximate surface area is 156 Å². The van der Waals surface area contributed by atoms with E-state index in [2.05, 4.69) is 31.2 Å². The molecule has 1 aromatic heterocycles. The van der Waals surface area contributed by atoms with Crippen LogP contribution in [-0.2, 0) is 17.6 Å². The van der Waals surface area contributed by atoms with Crippen LogP contribution in [0.3, 0.4) is 0 Å². The summed E-state index contributed by atoms with van der Waals surface area (Å²) in [5.41, 5.74) is 1.30. The van der Waals surface area contributed by atoms with Crippen molar-refractivity contribution in [2.75, 3.05) is 6.54 Å². The van der Waals surface area contributed by atoms with Gasteiger partial charge in [0, 0.05) is 16.3 Å². The first-order valence-corrected chi connectivity index (χ1v) is 10.1. The van der Waals surface area contributed by atoms with E-state index in [1.165, 1.54) is 22.2 Å². The molecular weight excluding hydrogens is 354 g/mol. The third-order valence-electron chi connectivity index (χ3n) is 3.87. The molecule has 1 aliphatic heterocycles. The van der Waals surface area contributed by atoms with Gasteiger partial charge in [0.1, 0.15) is 4.32 Å². The molecule has 0 saturated carbocycles. The summed E-state index contributed by atoms with van der Waals surface area (Å²) in [4.78, 5) is 17.5. The topological polar surface area (TPSA) is 20.3 Å². The lowest BCUT2D eigenvalue weighted by Gasteiger charge is -2.14. The number of nitrogens with zero attached hydrogens (tertiary/aromatic N) is 1. The normalized spacial score (nSPS) is 16.4. The van der Waals surface area contributed by atoms with Crippen molar-refractivity contribution >= 4 is 51.6 Å². The molecule has 1 amide bonds. The van der Waals surface area contributed by atoms with E-state index in [-0.39, 0.29) is 5.91 Å². The quantitative estimate of drug-likeness (QED) is 0.516. The molecule has 5 heteroatoms. The average Bonchev–Trinajstić information content (AvgIpc) is 3.15. The summed E-state index contributed by atoms with van der Waals surface area (Å²) in [6.45, 7) is 2.82. The second kappa shape index (κ2) is 8.10. The summed E-state index contributed by atoms with van der Waals surface area (Å²) >= 11 is 8.55. The Morgan fingerprint density at radius 1 is 1.17 bits per heavy atom. The van der Waals surface area contributed by atoms with Crippen molar-refractivity contribution in [3.8, 4) is 0 Å². The van der Waals surface area contributed by atoms with Crippen LogP contribution in [0.25, 0.3) is 6.08 Å². The monoisotopic (exact) mass is 373 g/mol. The molecule has 1 aromatic carbocycles. The molecule has 3 rings (SSSR count). The number of thiocarbonyl (C=S) groups is 1. The van der Waals surface area contributed by atoms with Crippen molar-refractivity contribution < 1.29 is 4.79 Å². The molecule has 0 aliphatic carbocycles. The van der Waals surface area contributed by atoms with Gasteiger partial charge in [-0.1, -0.05) is 61.2 Å². The number of amides is 1. The van der Waals surface area contributed by atoms with E-state index in [4.69, 9.17) is 12.2 Å². The number of rotatable bonds is 6. The van der Waals surface area contributed by atoms with Crippen LogP contribution in [0.5, 0.6) is 0 Å². The Balaban J connectivity index is 1.61. The van der Waals surface area contributed by atoms with Gasteiger partial charge in [-0.05, 0) is 43.0 Å². The molecule has 2 nitrogen and oxygen atoms in total. The summed E-state index contributed by atoms with van der Waals surface area (Å²) < 4.78 is 0.673. The average molecular weight is 374 g/mol. The number of aryl methyl sites for hydroxylation is 2. The van der Waals surface area contributed by atoms with Crippen molar-refractivity contribution in [3.63, 3.8) is 0 Å². The lowest BCUT2D eigenvalue weighted by molar-refractivity contribution is -0.122. The Morgan fingerprint density at radius 2 is 1.96 bits per heavy atom. The summed E-state index contributed by atoms with van der Waals surface area (Å²) in [7, 11) is 0. The smallest absolute Gasteiger partial charge is 0.266 e. The summed E-state index contributed by atoms with van der Waals surface area (Å²) in [6, 6.07) is 14.5. The first-order valence-electron chi connectivity index (χ1n) is 8.05.